The van der Waals surface area contributed by atoms with Crippen LogP contribution in [-0.4, -0.2) is 68.2 Å². The van der Waals surface area contributed by atoms with Gasteiger partial charge < -0.3 is 15.4 Å². The number of hydrogen-bond acceptors (Lipinski definition) is 4. The summed E-state index contributed by atoms with van der Waals surface area (Å²) in [6, 6.07) is 0.490. The van der Waals surface area contributed by atoms with E-state index >= 15 is 0 Å². The molecular weight excluding hydrogens is 289 g/mol. The molecule has 0 aliphatic carbocycles. The average molecular weight is 316 g/mol. The summed E-state index contributed by atoms with van der Waals surface area (Å²) in [4.78, 5) is 16.2. The number of nitrogens with two attached hydrogens (primary N) is 1. The molecule has 19 heavy (non-hydrogen) atoms. The second-order valence-corrected chi connectivity index (χ2v) is 4.60. The number of likely N-dealkylation sites (N-methyl/N-ethyl adjacent to an activating group) is 2. The summed E-state index contributed by atoms with van der Waals surface area (Å²) in [6.45, 7) is 5.37. The zero-order chi connectivity index (χ0) is 12.8. The van der Waals surface area contributed by atoms with Crippen molar-refractivity contribution >= 4 is 30.7 Å². The van der Waals surface area contributed by atoms with Crippen molar-refractivity contribution in [3.8, 4) is 0 Å². The minimum absolute atomic E-state index is 0. The molecular formula is C12H27Cl2N3O2. The number of carbonyl (C=O) groups excluding carboxylic acids is 1. The van der Waals surface area contributed by atoms with E-state index in [0.717, 1.165) is 19.6 Å². The number of methoxy groups -OCH3 is 1. The Hall–Kier alpha value is -0.0700. The first-order valence-electron chi connectivity index (χ1n) is 6.35. The Morgan fingerprint density at radius 3 is 2.63 bits per heavy atom. The largest absolute Gasteiger partial charge is 0.370 e. The maximum atomic E-state index is 12.0. The van der Waals surface area contributed by atoms with E-state index in [4.69, 9.17) is 10.5 Å². The number of likely N-dealkylation sites (tertiary alicyclic amines) is 1. The van der Waals surface area contributed by atoms with E-state index in [1.165, 1.54) is 20.0 Å². The highest BCUT2D eigenvalue weighted by Gasteiger charge is 2.27. The van der Waals surface area contributed by atoms with Crippen molar-refractivity contribution in [3.63, 3.8) is 0 Å². The van der Waals surface area contributed by atoms with Crippen LogP contribution < -0.4 is 5.73 Å². The number of hydrogen-bond donors (Lipinski definition) is 1. The van der Waals surface area contributed by atoms with Gasteiger partial charge >= 0.3 is 0 Å². The van der Waals surface area contributed by atoms with Crippen molar-refractivity contribution in [3.05, 3.63) is 0 Å². The predicted molar refractivity (Wildman–Crippen MR) is 82.3 cm³/mol. The molecule has 7 heteroatoms. The minimum Gasteiger partial charge on any atom is -0.370 e. The lowest BCUT2D eigenvalue weighted by Gasteiger charge is -2.29. The third-order valence-electron chi connectivity index (χ3n) is 3.54. The SMILES string of the molecule is CCN1CCCC1CN(C)C(=O)C(CN)OC.Cl.Cl. The number of rotatable bonds is 6. The summed E-state index contributed by atoms with van der Waals surface area (Å²) in [5.41, 5.74) is 5.50. The number of halogens is 2. The summed E-state index contributed by atoms with van der Waals surface area (Å²) in [5, 5.41) is 0. The molecule has 0 saturated carbocycles. The highest BCUT2D eigenvalue weighted by Crippen LogP contribution is 2.17. The fourth-order valence-corrected chi connectivity index (χ4v) is 2.47. The van der Waals surface area contributed by atoms with Gasteiger partial charge in [0.25, 0.3) is 5.91 Å². The van der Waals surface area contributed by atoms with Crippen LogP contribution in [0.5, 0.6) is 0 Å². The predicted octanol–water partition coefficient (Wildman–Crippen LogP) is 0.746. The molecule has 1 rings (SSSR count). The fraction of sp³-hybridized carbons (Fsp3) is 0.917. The molecule has 1 fully saturated rings. The van der Waals surface area contributed by atoms with E-state index in [1.54, 1.807) is 4.90 Å². The lowest BCUT2D eigenvalue weighted by atomic mass is 10.2. The second kappa shape index (κ2) is 10.7. The monoisotopic (exact) mass is 315 g/mol. The van der Waals surface area contributed by atoms with E-state index in [2.05, 4.69) is 11.8 Å². The normalized spacial score (nSPS) is 20.3. The number of amides is 1. The molecule has 0 aromatic heterocycles. The van der Waals surface area contributed by atoms with Crippen LogP contribution in [0.2, 0.25) is 0 Å². The van der Waals surface area contributed by atoms with E-state index < -0.39 is 6.10 Å². The van der Waals surface area contributed by atoms with E-state index in [0.29, 0.717) is 6.04 Å². The van der Waals surface area contributed by atoms with Crippen molar-refractivity contribution < 1.29 is 9.53 Å². The number of nitrogens with zero attached hydrogens (tertiary/aromatic N) is 2. The maximum absolute atomic E-state index is 12.0. The molecule has 0 aromatic carbocycles. The highest BCUT2D eigenvalue weighted by molar-refractivity contribution is 5.85. The Labute approximate surface area is 128 Å². The Morgan fingerprint density at radius 1 is 1.53 bits per heavy atom. The molecule has 0 radical (unpaired) electrons. The lowest BCUT2D eigenvalue weighted by Crippen LogP contribution is -2.47. The van der Waals surface area contributed by atoms with Gasteiger partial charge in [0.1, 0.15) is 6.10 Å². The topological polar surface area (TPSA) is 58.8 Å². The summed E-state index contributed by atoms with van der Waals surface area (Å²) in [6.07, 6.45) is 1.90. The zero-order valence-electron chi connectivity index (χ0n) is 12.0. The molecule has 2 N–H and O–H groups in total. The van der Waals surface area contributed by atoms with Gasteiger partial charge in [-0.25, -0.2) is 0 Å². The van der Waals surface area contributed by atoms with Crippen molar-refractivity contribution in [1.82, 2.24) is 9.80 Å². The van der Waals surface area contributed by atoms with Crippen LogP contribution in [0.15, 0.2) is 0 Å². The molecule has 116 valence electrons. The molecule has 1 saturated heterocycles. The summed E-state index contributed by atoms with van der Waals surface area (Å²) >= 11 is 0. The Bertz CT molecular complexity index is 253. The molecule has 1 aliphatic rings. The number of ether oxygens (including phenoxy) is 1. The first kappa shape index (κ1) is 21.2. The van der Waals surface area contributed by atoms with Gasteiger partial charge in [0.05, 0.1) is 0 Å². The smallest absolute Gasteiger partial charge is 0.252 e. The maximum Gasteiger partial charge on any atom is 0.252 e. The van der Waals surface area contributed by atoms with E-state index in [-0.39, 0.29) is 37.3 Å². The summed E-state index contributed by atoms with van der Waals surface area (Å²) < 4.78 is 5.07. The van der Waals surface area contributed by atoms with E-state index in [1.807, 2.05) is 7.05 Å². The molecule has 0 bridgehead atoms. The van der Waals surface area contributed by atoms with Gasteiger partial charge in [0.15, 0.2) is 0 Å². The van der Waals surface area contributed by atoms with Gasteiger partial charge in [-0.05, 0) is 25.9 Å². The van der Waals surface area contributed by atoms with Crippen molar-refractivity contribution in [1.29, 1.82) is 0 Å². The zero-order valence-corrected chi connectivity index (χ0v) is 13.6. The molecule has 1 aliphatic heterocycles. The van der Waals surface area contributed by atoms with Crippen LogP contribution >= 0.6 is 24.8 Å². The number of carbonyl (C=O) groups is 1. The van der Waals surface area contributed by atoms with Gasteiger partial charge in [-0.15, -0.1) is 24.8 Å². The first-order valence-corrected chi connectivity index (χ1v) is 6.35. The van der Waals surface area contributed by atoms with Crippen LogP contribution in [-0.2, 0) is 9.53 Å². The van der Waals surface area contributed by atoms with Gasteiger partial charge in [-0.2, -0.15) is 0 Å². The molecule has 2 atom stereocenters. The van der Waals surface area contributed by atoms with Crippen LogP contribution in [0.25, 0.3) is 0 Å². The van der Waals surface area contributed by atoms with Crippen LogP contribution in [0, 0.1) is 0 Å². The summed E-state index contributed by atoms with van der Waals surface area (Å²) in [5.74, 6) is -0.0158. The third kappa shape index (κ3) is 5.83. The molecule has 5 nitrogen and oxygen atoms in total. The highest BCUT2D eigenvalue weighted by atomic mass is 35.5. The van der Waals surface area contributed by atoms with Crippen LogP contribution in [0.3, 0.4) is 0 Å². The second-order valence-electron chi connectivity index (χ2n) is 4.60. The summed E-state index contributed by atoms with van der Waals surface area (Å²) in [7, 11) is 3.35. The molecule has 0 aromatic rings. The molecule has 1 heterocycles. The van der Waals surface area contributed by atoms with E-state index in [9.17, 15) is 4.79 Å². The minimum atomic E-state index is -0.503. The lowest BCUT2D eigenvalue weighted by molar-refractivity contribution is -0.140. The van der Waals surface area contributed by atoms with Crippen LogP contribution in [0.4, 0.5) is 0 Å². The van der Waals surface area contributed by atoms with Crippen molar-refractivity contribution in [2.75, 3.05) is 40.3 Å². The Morgan fingerprint density at radius 2 is 2.16 bits per heavy atom. The molecule has 2 unspecified atom stereocenters. The van der Waals surface area contributed by atoms with Gasteiger partial charge in [-0.1, -0.05) is 6.92 Å². The first-order chi connectivity index (χ1) is 8.13. The quantitative estimate of drug-likeness (QED) is 0.785. The van der Waals surface area contributed by atoms with Crippen LogP contribution in [0.1, 0.15) is 19.8 Å². The fourth-order valence-electron chi connectivity index (χ4n) is 2.47. The van der Waals surface area contributed by atoms with Gasteiger partial charge in [0, 0.05) is 33.3 Å². The molecule has 0 spiro atoms. The average Bonchev–Trinajstić information content (AvgIpc) is 2.77. The van der Waals surface area contributed by atoms with Crippen molar-refractivity contribution in [2.24, 2.45) is 5.73 Å². The standard InChI is InChI=1S/C12H25N3O2.2ClH/c1-4-15-7-5-6-10(15)9-14(2)12(16)11(8-13)17-3;;/h10-11H,4-9,13H2,1-3H3;2*1H. The Kier molecular flexibility index (Phi) is 11.9. The molecule has 1 amide bonds. The third-order valence-corrected chi connectivity index (χ3v) is 3.54. The van der Waals surface area contributed by atoms with Gasteiger partial charge in [0.2, 0.25) is 0 Å². The van der Waals surface area contributed by atoms with Gasteiger partial charge in [-0.3, -0.25) is 9.69 Å². The van der Waals surface area contributed by atoms with Crippen molar-refractivity contribution in [2.45, 2.75) is 31.9 Å². The Balaban J connectivity index is 0.